The van der Waals surface area contributed by atoms with Gasteiger partial charge in [-0.3, -0.25) is 4.79 Å². The van der Waals surface area contributed by atoms with E-state index in [2.05, 4.69) is 0 Å². The number of thiophene rings is 1. The molecule has 0 spiro atoms. The molecule has 0 saturated heterocycles. The molecule has 72 valence electrons. The summed E-state index contributed by atoms with van der Waals surface area (Å²) in [5, 5.41) is 10.6. The molecule has 13 heavy (non-hydrogen) atoms. The number of nitrogens with two attached hydrogens (primary N) is 1. The molecule has 0 bridgehead atoms. The Balaban J connectivity index is 2.86. The second kappa shape index (κ2) is 3.47. The Bertz CT molecular complexity index is 317. The lowest BCUT2D eigenvalue weighted by Gasteiger charge is -2.20. The molecule has 0 aliphatic rings. The van der Waals surface area contributed by atoms with Crippen molar-refractivity contribution in [3.05, 3.63) is 21.9 Å². The number of carboxylic acid groups (broad SMARTS) is 1. The van der Waals surface area contributed by atoms with Gasteiger partial charge in [-0.25, -0.2) is 0 Å². The van der Waals surface area contributed by atoms with Gasteiger partial charge >= 0.3 is 5.97 Å². The van der Waals surface area contributed by atoms with Crippen molar-refractivity contribution in [1.29, 1.82) is 0 Å². The van der Waals surface area contributed by atoms with Crippen LogP contribution in [0.4, 0.5) is 0 Å². The lowest BCUT2D eigenvalue weighted by Crippen LogP contribution is -2.35. The molecule has 1 heterocycles. The molecular weight excluding hydrogens is 186 g/mol. The molecular formula is C9H13NO2S. The second-order valence-corrected chi connectivity index (χ2v) is 4.55. The van der Waals surface area contributed by atoms with Crippen LogP contribution < -0.4 is 5.73 Å². The molecule has 0 amide bonds. The highest BCUT2D eigenvalue weighted by molar-refractivity contribution is 7.10. The second-order valence-electron chi connectivity index (χ2n) is 3.43. The van der Waals surface area contributed by atoms with E-state index in [0.29, 0.717) is 0 Å². The summed E-state index contributed by atoms with van der Waals surface area (Å²) in [6.07, 6.45) is -0.0385. The summed E-state index contributed by atoms with van der Waals surface area (Å²) in [5.41, 5.74) is 6.03. The zero-order chi connectivity index (χ0) is 10.1. The maximum atomic E-state index is 10.5. The van der Waals surface area contributed by atoms with Crippen molar-refractivity contribution in [1.82, 2.24) is 0 Å². The van der Waals surface area contributed by atoms with E-state index in [0.717, 1.165) is 10.4 Å². The zero-order valence-electron chi connectivity index (χ0n) is 7.70. The highest BCUT2D eigenvalue weighted by Gasteiger charge is 2.25. The molecule has 0 fully saturated rings. The van der Waals surface area contributed by atoms with E-state index in [1.807, 2.05) is 18.4 Å². The SMILES string of the molecule is Cc1cc([C@@](C)(N)CC(=O)O)cs1. The lowest BCUT2D eigenvalue weighted by atomic mass is 9.92. The van der Waals surface area contributed by atoms with E-state index >= 15 is 0 Å². The Labute approximate surface area is 81.2 Å². The molecule has 1 rings (SSSR count). The van der Waals surface area contributed by atoms with E-state index in [1.54, 1.807) is 18.3 Å². The van der Waals surface area contributed by atoms with Gasteiger partial charge in [0.15, 0.2) is 0 Å². The summed E-state index contributed by atoms with van der Waals surface area (Å²) in [6, 6.07) is 1.94. The molecule has 1 aromatic rings. The summed E-state index contributed by atoms with van der Waals surface area (Å²) in [7, 11) is 0. The molecule has 1 aromatic heterocycles. The normalized spacial score (nSPS) is 15.3. The predicted molar refractivity (Wildman–Crippen MR) is 52.8 cm³/mol. The number of hydrogen-bond donors (Lipinski definition) is 2. The third kappa shape index (κ3) is 2.54. The molecule has 0 aromatic carbocycles. The van der Waals surface area contributed by atoms with Crippen LogP contribution in [-0.4, -0.2) is 11.1 Å². The minimum atomic E-state index is -0.867. The van der Waals surface area contributed by atoms with Crippen molar-refractivity contribution >= 4 is 17.3 Å². The monoisotopic (exact) mass is 199 g/mol. The molecule has 3 N–H and O–H groups in total. The van der Waals surface area contributed by atoms with Crippen LogP contribution in [-0.2, 0) is 10.3 Å². The molecule has 3 nitrogen and oxygen atoms in total. The number of carboxylic acids is 1. The van der Waals surface area contributed by atoms with Crippen LogP contribution in [0.3, 0.4) is 0 Å². The van der Waals surface area contributed by atoms with E-state index in [-0.39, 0.29) is 6.42 Å². The third-order valence-electron chi connectivity index (χ3n) is 1.91. The maximum absolute atomic E-state index is 10.5. The standard InChI is InChI=1S/C9H13NO2S/c1-6-3-7(5-13-6)9(2,10)4-8(11)12/h3,5H,4,10H2,1-2H3,(H,11,12)/t9-/m0/s1. The third-order valence-corrected chi connectivity index (χ3v) is 2.77. The first kappa shape index (κ1) is 10.2. The minimum Gasteiger partial charge on any atom is -0.481 e. The Kier molecular flexibility index (Phi) is 2.73. The van der Waals surface area contributed by atoms with Gasteiger partial charge in [-0.15, -0.1) is 11.3 Å². The van der Waals surface area contributed by atoms with Crippen molar-refractivity contribution < 1.29 is 9.90 Å². The van der Waals surface area contributed by atoms with Gasteiger partial charge in [0, 0.05) is 10.4 Å². The highest BCUT2D eigenvalue weighted by atomic mass is 32.1. The number of hydrogen-bond acceptors (Lipinski definition) is 3. The summed E-state index contributed by atoms with van der Waals surface area (Å²) in [4.78, 5) is 11.7. The van der Waals surface area contributed by atoms with Crippen molar-refractivity contribution in [3.63, 3.8) is 0 Å². The molecule has 0 radical (unpaired) electrons. The van der Waals surface area contributed by atoms with Gasteiger partial charge in [0.1, 0.15) is 0 Å². The van der Waals surface area contributed by atoms with Gasteiger partial charge in [0.25, 0.3) is 0 Å². The molecule has 0 unspecified atom stereocenters. The maximum Gasteiger partial charge on any atom is 0.305 e. The predicted octanol–water partition coefficient (Wildman–Crippen LogP) is 1.71. The summed E-state index contributed by atoms with van der Waals surface area (Å²) in [6.45, 7) is 3.72. The first-order chi connectivity index (χ1) is 5.92. The summed E-state index contributed by atoms with van der Waals surface area (Å²) in [5.74, 6) is -0.867. The molecule has 4 heteroatoms. The first-order valence-corrected chi connectivity index (χ1v) is 4.86. The van der Waals surface area contributed by atoms with E-state index < -0.39 is 11.5 Å². The Morgan fingerprint density at radius 1 is 1.77 bits per heavy atom. The average molecular weight is 199 g/mol. The zero-order valence-corrected chi connectivity index (χ0v) is 8.52. The largest absolute Gasteiger partial charge is 0.481 e. The van der Waals surface area contributed by atoms with Crippen LogP contribution in [0.5, 0.6) is 0 Å². The molecule has 1 atom stereocenters. The van der Waals surface area contributed by atoms with Crippen LogP contribution in [0.2, 0.25) is 0 Å². The first-order valence-electron chi connectivity index (χ1n) is 3.98. The van der Waals surface area contributed by atoms with Gasteiger partial charge in [0.2, 0.25) is 0 Å². The average Bonchev–Trinajstić information content (AvgIpc) is 2.32. The van der Waals surface area contributed by atoms with Crippen LogP contribution in [0, 0.1) is 6.92 Å². The fourth-order valence-electron chi connectivity index (χ4n) is 1.16. The van der Waals surface area contributed by atoms with Gasteiger partial charge < -0.3 is 10.8 Å². The van der Waals surface area contributed by atoms with E-state index in [4.69, 9.17) is 10.8 Å². The van der Waals surface area contributed by atoms with Crippen molar-refractivity contribution in [2.45, 2.75) is 25.8 Å². The number of rotatable bonds is 3. The molecule has 0 aliphatic heterocycles. The fraction of sp³-hybridized carbons (Fsp3) is 0.444. The van der Waals surface area contributed by atoms with Crippen LogP contribution >= 0.6 is 11.3 Å². The van der Waals surface area contributed by atoms with Crippen molar-refractivity contribution in [2.75, 3.05) is 0 Å². The minimum absolute atomic E-state index is 0.0385. The topological polar surface area (TPSA) is 63.3 Å². The fourth-order valence-corrected chi connectivity index (χ4v) is 2.00. The van der Waals surface area contributed by atoms with Crippen LogP contribution in [0.1, 0.15) is 23.8 Å². The molecule has 0 saturated carbocycles. The van der Waals surface area contributed by atoms with E-state index in [9.17, 15) is 4.79 Å². The van der Waals surface area contributed by atoms with E-state index in [1.165, 1.54) is 0 Å². The van der Waals surface area contributed by atoms with Gasteiger partial charge in [-0.05, 0) is 30.9 Å². The summed E-state index contributed by atoms with van der Waals surface area (Å²) < 4.78 is 0. The number of aliphatic carboxylic acids is 1. The number of aryl methyl sites for hydroxylation is 1. The molecule has 0 aliphatic carbocycles. The Hall–Kier alpha value is -0.870. The number of carbonyl (C=O) groups is 1. The lowest BCUT2D eigenvalue weighted by molar-refractivity contribution is -0.138. The van der Waals surface area contributed by atoms with Gasteiger partial charge in [0.05, 0.1) is 6.42 Å². The highest BCUT2D eigenvalue weighted by Crippen LogP contribution is 2.26. The summed E-state index contributed by atoms with van der Waals surface area (Å²) >= 11 is 1.59. The Morgan fingerprint density at radius 2 is 2.38 bits per heavy atom. The smallest absolute Gasteiger partial charge is 0.305 e. The van der Waals surface area contributed by atoms with Gasteiger partial charge in [-0.2, -0.15) is 0 Å². The van der Waals surface area contributed by atoms with Crippen molar-refractivity contribution in [3.8, 4) is 0 Å². The van der Waals surface area contributed by atoms with Gasteiger partial charge in [-0.1, -0.05) is 0 Å². The van der Waals surface area contributed by atoms with Crippen LogP contribution in [0.15, 0.2) is 11.4 Å². The van der Waals surface area contributed by atoms with Crippen molar-refractivity contribution in [2.24, 2.45) is 5.73 Å². The van der Waals surface area contributed by atoms with Crippen LogP contribution in [0.25, 0.3) is 0 Å². The quantitative estimate of drug-likeness (QED) is 0.778. The Morgan fingerprint density at radius 3 is 2.77 bits per heavy atom.